The fourth-order valence-corrected chi connectivity index (χ4v) is 2.41. The minimum atomic E-state index is -4.31. The number of hydrogen-bond acceptors (Lipinski definition) is 3. The number of pyridine rings is 1. The molecule has 28 heavy (non-hydrogen) atoms. The van der Waals surface area contributed by atoms with Crippen molar-refractivity contribution in [1.82, 2.24) is 15.6 Å². The first kappa shape index (κ1) is 21.7. The van der Waals surface area contributed by atoms with E-state index < -0.39 is 12.8 Å². The number of hydrogen-bond donors (Lipinski definition) is 2. The third-order valence-electron chi connectivity index (χ3n) is 3.70. The van der Waals surface area contributed by atoms with Gasteiger partial charge in [0.05, 0.1) is 25.4 Å². The topological polar surface area (TPSA) is 58.5 Å². The summed E-state index contributed by atoms with van der Waals surface area (Å²) in [4.78, 5) is 8.98. The van der Waals surface area contributed by atoms with Gasteiger partial charge in [-0.1, -0.05) is 30.3 Å². The summed E-state index contributed by atoms with van der Waals surface area (Å²) in [5, 5.41) is 6.41. The molecule has 0 fully saturated rings. The molecule has 0 saturated heterocycles. The van der Waals surface area contributed by atoms with Crippen molar-refractivity contribution in [2.75, 3.05) is 13.2 Å². The van der Waals surface area contributed by atoms with Gasteiger partial charge < -0.3 is 15.4 Å². The van der Waals surface area contributed by atoms with E-state index in [9.17, 15) is 13.2 Å². The predicted octanol–water partition coefficient (Wildman–Crippen LogP) is 3.72. The zero-order chi connectivity index (χ0) is 20.4. The van der Waals surface area contributed by atoms with Gasteiger partial charge >= 0.3 is 6.18 Å². The maximum Gasteiger partial charge on any atom is 0.411 e. The molecule has 2 N–H and O–H groups in total. The zero-order valence-corrected chi connectivity index (χ0v) is 16.0. The van der Waals surface area contributed by atoms with E-state index in [1.54, 1.807) is 12.1 Å². The number of aromatic nitrogens is 1. The highest BCUT2D eigenvalue weighted by Crippen LogP contribution is 2.16. The summed E-state index contributed by atoms with van der Waals surface area (Å²) < 4.78 is 40.9. The van der Waals surface area contributed by atoms with Crippen LogP contribution in [-0.4, -0.2) is 30.3 Å². The van der Waals surface area contributed by atoms with E-state index in [1.807, 2.05) is 44.2 Å². The molecule has 0 saturated carbocycles. The number of rotatable bonds is 8. The molecule has 0 aliphatic carbocycles. The van der Waals surface area contributed by atoms with Crippen molar-refractivity contribution in [2.45, 2.75) is 39.7 Å². The van der Waals surface area contributed by atoms with Gasteiger partial charge in [-0.15, -0.1) is 0 Å². The van der Waals surface area contributed by atoms with Crippen LogP contribution < -0.4 is 10.6 Å². The Labute approximate surface area is 163 Å². The lowest BCUT2D eigenvalue weighted by Crippen LogP contribution is -2.37. The molecule has 2 rings (SSSR count). The molecule has 0 bridgehead atoms. The van der Waals surface area contributed by atoms with Gasteiger partial charge in [-0.25, -0.2) is 4.99 Å². The SMILES string of the molecule is CCNC(=NCc1ccc(COCC(F)(F)F)cc1)NCc1cccc(C)n1. The Balaban J connectivity index is 1.87. The molecule has 0 unspecified atom stereocenters. The molecule has 0 amide bonds. The Hall–Kier alpha value is -2.61. The summed E-state index contributed by atoms with van der Waals surface area (Å²) in [5.74, 6) is 0.670. The quantitative estimate of drug-likeness (QED) is 0.529. The van der Waals surface area contributed by atoms with Gasteiger partial charge in [-0.3, -0.25) is 4.98 Å². The molecular formula is C20H25F3N4O. The van der Waals surface area contributed by atoms with Crippen LogP contribution in [0, 0.1) is 6.92 Å². The van der Waals surface area contributed by atoms with Crippen molar-refractivity contribution in [2.24, 2.45) is 4.99 Å². The molecule has 2 aromatic rings. The van der Waals surface area contributed by atoms with Gasteiger partial charge in [-0.2, -0.15) is 13.2 Å². The number of aryl methyl sites for hydroxylation is 1. The molecule has 0 aliphatic rings. The van der Waals surface area contributed by atoms with Crippen molar-refractivity contribution in [1.29, 1.82) is 0 Å². The van der Waals surface area contributed by atoms with Crippen LogP contribution in [0.4, 0.5) is 13.2 Å². The van der Waals surface area contributed by atoms with Gasteiger partial charge in [0.25, 0.3) is 0 Å². The van der Waals surface area contributed by atoms with Gasteiger partial charge in [0, 0.05) is 12.2 Å². The smallest absolute Gasteiger partial charge is 0.367 e. The average molecular weight is 394 g/mol. The lowest BCUT2D eigenvalue weighted by atomic mass is 10.1. The Morgan fingerprint density at radius 1 is 1.07 bits per heavy atom. The van der Waals surface area contributed by atoms with Crippen LogP contribution in [-0.2, 0) is 24.4 Å². The number of guanidine groups is 1. The van der Waals surface area contributed by atoms with Crippen LogP contribution in [0.15, 0.2) is 47.5 Å². The molecule has 1 aromatic carbocycles. The molecule has 152 valence electrons. The van der Waals surface area contributed by atoms with Crippen molar-refractivity contribution < 1.29 is 17.9 Å². The van der Waals surface area contributed by atoms with Gasteiger partial charge in [0.1, 0.15) is 6.61 Å². The highest BCUT2D eigenvalue weighted by atomic mass is 19.4. The van der Waals surface area contributed by atoms with Crippen LogP contribution in [0.2, 0.25) is 0 Å². The lowest BCUT2D eigenvalue weighted by Gasteiger charge is -2.11. The normalized spacial score (nSPS) is 12.1. The molecule has 0 atom stereocenters. The Morgan fingerprint density at radius 2 is 1.79 bits per heavy atom. The van der Waals surface area contributed by atoms with E-state index in [4.69, 9.17) is 0 Å². The van der Waals surface area contributed by atoms with E-state index >= 15 is 0 Å². The van der Waals surface area contributed by atoms with Crippen LogP contribution in [0.3, 0.4) is 0 Å². The molecule has 1 heterocycles. The Kier molecular flexibility index (Phi) is 8.25. The maximum absolute atomic E-state index is 12.1. The number of nitrogens with zero attached hydrogens (tertiary/aromatic N) is 2. The van der Waals surface area contributed by atoms with Gasteiger partial charge in [0.2, 0.25) is 0 Å². The molecule has 8 heteroatoms. The fourth-order valence-electron chi connectivity index (χ4n) is 2.41. The van der Waals surface area contributed by atoms with E-state index in [0.29, 0.717) is 24.6 Å². The number of halogens is 3. The highest BCUT2D eigenvalue weighted by Gasteiger charge is 2.27. The largest absolute Gasteiger partial charge is 0.411 e. The first-order valence-corrected chi connectivity index (χ1v) is 9.03. The Morgan fingerprint density at radius 3 is 2.43 bits per heavy atom. The molecular weight excluding hydrogens is 369 g/mol. The maximum atomic E-state index is 12.1. The molecule has 0 aliphatic heterocycles. The standard InChI is InChI=1S/C20H25F3N4O/c1-3-24-19(26-12-18-6-4-5-15(2)27-18)25-11-16-7-9-17(10-8-16)13-28-14-20(21,22)23/h4-10H,3,11-14H2,1-2H3,(H2,24,25,26). The zero-order valence-electron chi connectivity index (χ0n) is 16.0. The monoisotopic (exact) mass is 394 g/mol. The minimum Gasteiger partial charge on any atom is -0.367 e. The first-order valence-electron chi connectivity index (χ1n) is 9.03. The molecule has 5 nitrogen and oxygen atoms in total. The second kappa shape index (κ2) is 10.7. The number of nitrogens with one attached hydrogen (secondary N) is 2. The van der Waals surface area contributed by atoms with E-state index in [-0.39, 0.29) is 6.61 Å². The third kappa shape index (κ3) is 8.39. The summed E-state index contributed by atoms with van der Waals surface area (Å²) >= 11 is 0. The highest BCUT2D eigenvalue weighted by molar-refractivity contribution is 5.79. The van der Waals surface area contributed by atoms with Crippen LogP contribution in [0.1, 0.15) is 29.4 Å². The fraction of sp³-hybridized carbons (Fsp3) is 0.400. The predicted molar refractivity (Wildman–Crippen MR) is 103 cm³/mol. The van der Waals surface area contributed by atoms with Gasteiger partial charge in [0.15, 0.2) is 5.96 Å². The van der Waals surface area contributed by atoms with Crippen molar-refractivity contribution in [3.8, 4) is 0 Å². The van der Waals surface area contributed by atoms with Crippen molar-refractivity contribution in [3.63, 3.8) is 0 Å². The number of benzene rings is 1. The molecule has 0 spiro atoms. The summed E-state index contributed by atoms with van der Waals surface area (Å²) in [6.45, 7) is 4.34. The molecule has 1 aromatic heterocycles. The van der Waals surface area contributed by atoms with Crippen molar-refractivity contribution >= 4 is 5.96 Å². The number of ether oxygens (including phenoxy) is 1. The summed E-state index contributed by atoms with van der Waals surface area (Å²) in [7, 11) is 0. The second-order valence-corrected chi connectivity index (χ2v) is 6.24. The summed E-state index contributed by atoms with van der Waals surface area (Å²) in [5.41, 5.74) is 3.52. The van der Waals surface area contributed by atoms with Crippen molar-refractivity contribution in [3.05, 3.63) is 65.0 Å². The van der Waals surface area contributed by atoms with Crippen LogP contribution in [0.25, 0.3) is 0 Å². The third-order valence-corrected chi connectivity index (χ3v) is 3.70. The summed E-state index contributed by atoms with van der Waals surface area (Å²) in [6, 6.07) is 13.0. The van der Waals surface area contributed by atoms with Crippen LogP contribution >= 0.6 is 0 Å². The molecule has 0 radical (unpaired) electrons. The first-order chi connectivity index (χ1) is 13.4. The Bertz CT molecular complexity index is 761. The summed E-state index contributed by atoms with van der Waals surface area (Å²) in [6.07, 6.45) is -4.31. The number of alkyl halides is 3. The average Bonchev–Trinajstić information content (AvgIpc) is 2.64. The van der Waals surface area contributed by atoms with E-state index in [2.05, 4.69) is 25.3 Å². The number of aliphatic imine (C=N–C) groups is 1. The van der Waals surface area contributed by atoms with Crippen LogP contribution in [0.5, 0.6) is 0 Å². The van der Waals surface area contributed by atoms with E-state index in [1.165, 1.54) is 0 Å². The van der Waals surface area contributed by atoms with E-state index in [0.717, 1.165) is 23.5 Å². The lowest BCUT2D eigenvalue weighted by molar-refractivity contribution is -0.176. The minimum absolute atomic E-state index is 0.0727. The van der Waals surface area contributed by atoms with Gasteiger partial charge in [-0.05, 0) is 37.1 Å². The second-order valence-electron chi connectivity index (χ2n) is 6.24.